The van der Waals surface area contributed by atoms with Crippen molar-refractivity contribution in [1.29, 1.82) is 0 Å². The fourth-order valence-electron chi connectivity index (χ4n) is 0.918. The highest BCUT2D eigenvalue weighted by atomic mass is 35.5. The van der Waals surface area contributed by atoms with Gasteiger partial charge in [0.25, 0.3) is 0 Å². The summed E-state index contributed by atoms with van der Waals surface area (Å²) in [4.78, 5) is 10.4. The van der Waals surface area contributed by atoms with Crippen molar-refractivity contribution >= 4 is 17.9 Å². The molecule has 0 aliphatic carbocycles. The molecular formula is C9H9ClO. The van der Waals surface area contributed by atoms with Crippen LogP contribution < -0.4 is 0 Å². The number of benzene rings is 1. The summed E-state index contributed by atoms with van der Waals surface area (Å²) in [5.74, 6) is -0.108. The van der Waals surface area contributed by atoms with Crippen molar-refractivity contribution in [2.24, 2.45) is 0 Å². The monoisotopic (exact) mass is 168 g/mol. The van der Waals surface area contributed by atoms with E-state index in [0.29, 0.717) is 5.02 Å². The van der Waals surface area contributed by atoms with E-state index in [1.807, 2.05) is 25.1 Å². The molecule has 0 aliphatic rings. The van der Waals surface area contributed by atoms with E-state index in [9.17, 15) is 4.79 Å². The van der Waals surface area contributed by atoms with Crippen LogP contribution in [-0.2, 0) is 4.79 Å². The van der Waals surface area contributed by atoms with Crippen LogP contribution in [0.1, 0.15) is 18.4 Å². The maximum atomic E-state index is 10.4. The minimum Gasteiger partial charge on any atom is -0.303 e. The van der Waals surface area contributed by atoms with Gasteiger partial charge in [0.05, 0.1) is 0 Å². The predicted molar refractivity (Wildman–Crippen MR) is 45.9 cm³/mol. The van der Waals surface area contributed by atoms with Gasteiger partial charge in [0.15, 0.2) is 0 Å². The minimum absolute atomic E-state index is 0.108. The van der Waals surface area contributed by atoms with Crippen LogP contribution in [0.15, 0.2) is 24.3 Å². The van der Waals surface area contributed by atoms with Crippen molar-refractivity contribution in [2.45, 2.75) is 12.8 Å². The number of aldehydes is 1. The standard InChI is InChI=1S/C9H9ClO/c1-7(6-11)8-4-2-3-5-9(8)10/h2-7H,1H3. The highest BCUT2D eigenvalue weighted by Crippen LogP contribution is 2.21. The zero-order chi connectivity index (χ0) is 8.27. The minimum atomic E-state index is -0.108. The molecular weight excluding hydrogens is 160 g/mol. The first-order chi connectivity index (χ1) is 5.25. The maximum absolute atomic E-state index is 10.4. The summed E-state index contributed by atoms with van der Waals surface area (Å²) in [6, 6.07) is 7.38. The second-order valence-electron chi connectivity index (χ2n) is 2.45. The van der Waals surface area contributed by atoms with Crippen LogP contribution in [0.5, 0.6) is 0 Å². The van der Waals surface area contributed by atoms with Crippen molar-refractivity contribution in [1.82, 2.24) is 0 Å². The van der Waals surface area contributed by atoms with Gasteiger partial charge in [-0.3, -0.25) is 0 Å². The van der Waals surface area contributed by atoms with Crippen LogP contribution in [0, 0.1) is 0 Å². The Balaban J connectivity index is 3.02. The highest BCUT2D eigenvalue weighted by Gasteiger charge is 2.05. The highest BCUT2D eigenvalue weighted by molar-refractivity contribution is 6.31. The molecule has 0 spiro atoms. The number of carbonyl (C=O) groups excluding carboxylic acids is 1. The number of hydrogen-bond acceptors (Lipinski definition) is 1. The van der Waals surface area contributed by atoms with Gasteiger partial charge in [-0.1, -0.05) is 36.7 Å². The quantitative estimate of drug-likeness (QED) is 0.621. The molecule has 0 radical (unpaired) electrons. The number of hydrogen-bond donors (Lipinski definition) is 0. The fraction of sp³-hybridized carbons (Fsp3) is 0.222. The summed E-state index contributed by atoms with van der Waals surface area (Å²) in [6.07, 6.45) is 0.890. The molecule has 0 saturated heterocycles. The van der Waals surface area contributed by atoms with Gasteiger partial charge in [0.1, 0.15) is 6.29 Å². The molecule has 0 aliphatic heterocycles. The van der Waals surface area contributed by atoms with E-state index in [1.165, 1.54) is 0 Å². The smallest absolute Gasteiger partial charge is 0.127 e. The molecule has 1 nitrogen and oxygen atoms in total. The lowest BCUT2D eigenvalue weighted by Crippen LogP contribution is -1.94. The fourth-order valence-corrected chi connectivity index (χ4v) is 1.23. The number of rotatable bonds is 2. The topological polar surface area (TPSA) is 17.1 Å². The van der Waals surface area contributed by atoms with Crippen LogP contribution >= 0.6 is 11.6 Å². The van der Waals surface area contributed by atoms with E-state index in [0.717, 1.165) is 11.8 Å². The van der Waals surface area contributed by atoms with Gasteiger partial charge in [0.2, 0.25) is 0 Å². The van der Waals surface area contributed by atoms with Gasteiger partial charge in [-0.05, 0) is 11.6 Å². The first-order valence-corrected chi connectivity index (χ1v) is 3.83. The van der Waals surface area contributed by atoms with Crippen molar-refractivity contribution in [3.8, 4) is 0 Å². The third-order valence-electron chi connectivity index (χ3n) is 1.60. The maximum Gasteiger partial charge on any atom is 0.127 e. The van der Waals surface area contributed by atoms with Crippen LogP contribution in [-0.4, -0.2) is 6.29 Å². The van der Waals surface area contributed by atoms with Crippen LogP contribution in [0.4, 0.5) is 0 Å². The molecule has 1 atom stereocenters. The molecule has 1 aromatic rings. The molecule has 0 amide bonds. The average molecular weight is 169 g/mol. The van der Waals surface area contributed by atoms with E-state index in [2.05, 4.69) is 0 Å². The largest absolute Gasteiger partial charge is 0.303 e. The van der Waals surface area contributed by atoms with E-state index < -0.39 is 0 Å². The number of carbonyl (C=O) groups is 1. The van der Waals surface area contributed by atoms with E-state index in [1.54, 1.807) is 6.07 Å². The SMILES string of the molecule is CC(C=O)c1ccccc1Cl. The first-order valence-electron chi connectivity index (χ1n) is 3.45. The van der Waals surface area contributed by atoms with E-state index >= 15 is 0 Å². The van der Waals surface area contributed by atoms with E-state index in [-0.39, 0.29) is 5.92 Å². The third-order valence-corrected chi connectivity index (χ3v) is 1.94. The van der Waals surface area contributed by atoms with Crippen LogP contribution in [0.3, 0.4) is 0 Å². The van der Waals surface area contributed by atoms with E-state index in [4.69, 9.17) is 11.6 Å². The molecule has 1 rings (SSSR count). The van der Waals surface area contributed by atoms with Gasteiger partial charge >= 0.3 is 0 Å². The summed E-state index contributed by atoms with van der Waals surface area (Å²) in [6.45, 7) is 1.83. The molecule has 0 saturated carbocycles. The van der Waals surface area contributed by atoms with Crippen LogP contribution in [0.2, 0.25) is 5.02 Å². The summed E-state index contributed by atoms with van der Waals surface area (Å²) in [5.41, 5.74) is 0.893. The molecule has 1 unspecified atom stereocenters. The Bertz CT molecular complexity index is 257. The zero-order valence-electron chi connectivity index (χ0n) is 6.25. The molecule has 0 N–H and O–H groups in total. The molecule has 11 heavy (non-hydrogen) atoms. The summed E-state index contributed by atoms with van der Waals surface area (Å²) < 4.78 is 0. The second-order valence-corrected chi connectivity index (χ2v) is 2.85. The molecule has 58 valence electrons. The zero-order valence-corrected chi connectivity index (χ0v) is 7.01. The summed E-state index contributed by atoms with van der Waals surface area (Å²) in [5, 5.41) is 0.659. The Kier molecular flexibility index (Phi) is 2.66. The van der Waals surface area contributed by atoms with Gasteiger partial charge < -0.3 is 4.79 Å². The Morgan fingerprint density at radius 2 is 2.09 bits per heavy atom. The van der Waals surface area contributed by atoms with Gasteiger partial charge in [0, 0.05) is 10.9 Å². The Labute approximate surface area is 71.0 Å². The van der Waals surface area contributed by atoms with Crippen LogP contribution in [0.25, 0.3) is 0 Å². The van der Waals surface area contributed by atoms with Crippen molar-refractivity contribution in [3.63, 3.8) is 0 Å². The molecule has 0 fully saturated rings. The Morgan fingerprint density at radius 3 is 2.64 bits per heavy atom. The van der Waals surface area contributed by atoms with Crippen molar-refractivity contribution in [3.05, 3.63) is 34.9 Å². The third kappa shape index (κ3) is 1.81. The predicted octanol–water partition coefficient (Wildman–Crippen LogP) is 2.64. The molecule has 2 heteroatoms. The lowest BCUT2D eigenvalue weighted by molar-refractivity contribution is -0.108. The summed E-state index contributed by atoms with van der Waals surface area (Å²) >= 11 is 5.84. The lowest BCUT2D eigenvalue weighted by Gasteiger charge is -2.04. The normalized spacial score (nSPS) is 12.5. The summed E-state index contributed by atoms with van der Waals surface area (Å²) in [7, 11) is 0. The second kappa shape index (κ2) is 3.54. The molecule has 0 heterocycles. The van der Waals surface area contributed by atoms with Gasteiger partial charge in [-0.2, -0.15) is 0 Å². The number of halogens is 1. The Hall–Kier alpha value is -0.820. The first kappa shape index (κ1) is 8.28. The Morgan fingerprint density at radius 1 is 1.45 bits per heavy atom. The van der Waals surface area contributed by atoms with Crippen molar-refractivity contribution in [2.75, 3.05) is 0 Å². The van der Waals surface area contributed by atoms with Crippen molar-refractivity contribution < 1.29 is 4.79 Å². The van der Waals surface area contributed by atoms with Gasteiger partial charge in [-0.25, -0.2) is 0 Å². The average Bonchev–Trinajstić information content (AvgIpc) is 2.04. The molecule has 0 aromatic heterocycles. The molecule has 1 aromatic carbocycles. The molecule has 0 bridgehead atoms. The lowest BCUT2D eigenvalue weighted by atomic mass is 10.0. The van der Waals surface area contributed by atoms with Gasteiger partial charge in [-0.15, -0.1) is 0 Å².